The number of carbonyl (C=O) groups is 4. The van der Waals surface area contributed by atoms with Crippen LogP contribution in [0.5, 0.6) is 0 Å². The van der Waals surface area contributed by atoms with Gasteiger partial charge in [0.15, 0.2) is 0 Å². The standard InChI is InChI=1S/C34H44FN9O4S/c1-4-44-26(11-14-38-44)30(45)41-29(22-7-5-20(2)6-8-22)32(47)39-25-10-9-23(17-24(25)35)21(3)28(40-31(46)27-18-37-42-49-27)33(48)43-16-15-36-34(19-43)12-13-34/h9-11,14,17-18,20-22,28-29,36H,4-8,12-13,15-16,19H2,1-3H3,(H,39,47)(H,40,46)(H,41,45)/t20?,21-,22?,28+,29-/m0/s1. The molecule has 6 rings (SSSR count). The van der Waals surface area contributed by atoms with Gasteiger partial charge in [-0.3, -0.25) is 23.9 Å². The molecule has 49 heavy (non-hydrogen) atoms. The topological polar surface area (TPSA) is 163 Å². The monoisotopic (exact) mass is 693 g/mol. The zero-order chi connectivity index (χ0) is 34.7. The Morgan fingerprint density at radius 2 is 1.88 bits per heavy atom. The Morgan fingerprint density at radius 3 is 2.55 bits per heavy atom. The van der Waals surface area contributed by atoms with Gasteiger partial charge < -0.3 is 26.2 Å². The second-order valence-electron chi connectivity index (χ2n) is 13.7. The molecule has 1 saturated heterocycles. The number of hydrogen-bond donors (Lipinski definition) is 4. The third-order valence-electron chi connectivity index (χ3n) is 10.3. The molecule has 0 radical (unpaired) electrons. The van der Waals surface area contributed by atoms with Gasteiger partial charge in [0, 0.05) is 43.8 Å². The molecular weight excluding hydrogens is 649 g/mol. The first-order chi connectivity index (χ1) is 23.6. The number of amides is 4. The Hall–Kier alpha value is -4.24. The molecule has 1 spiro atoms. The number of hydrogen-bond acceptors (Lipinski definition) is 9. The fourth-order valence-corrected chi connectivity index (χ4v) is 7.45. The Balaban J connectivity index is 1.20. The van der Waals surface area contributed by atoms with E-state index in [0.29, 0.717) is 43.4 Å². The summed E-state index contributed by atoms with van der Waals surface area (Å²) in [6, 6.07) is 4.17. The number of carbonyl (C=O) groups excluding carboxylic acids is 4. The zero-order valence-electron chi connectivity index (χ0n) is 28.1. The van der Waals surface area contributed by atoms with Crippen molar-refractivity contribution in [3.8, 4) is 0 Å². The summed E-state index contributed by atoms with van der Waals surface area (Å²) in [4.78, 5) is 56.1. The Morgan fingerprint density at radius 1 is 1.10 bits per heavy atom. The molecule has 13 nitrogen and oxygen atoms in total. The lowest BCUT2D eigenvalue weighted by Gasteiger charge is -2.37. The van der Waals surface area contributed by atoms with E-state index in [4.69, 9.17) is 0 Å². The van der Waals surface area contributed by atoms with Crippen molar-refractivity contribution in [2.45, 2.75) is 89.4 Å². The second kappa shape index (κ2) is 14.7. The highest BCUT2D eigenvalue weighted by atomic mass is 32.1. The van der Waals surface area contributed by atoms with Crippen LogP contribution >= 0.6 is 11.5 Å². The first-order valence-corrected chi connectivity index (χ1v) is 17.9. The third-order valence-corrected chi connectivity index (χ3v) is 11.0. The maximum Gasteiger partial charge on any atom is 0.270 e. The van der Waals surface area contributed by atoms with Gasteiger partial charge in [-0.2, -0.15) is 5.10 Å². The number of benzene rings is 1. The van der Waals surface area contributed by atoms with Crippen molar-refractivity contribution in [1.29, 1.82) is 0 Å². The van der Waals surface area contributed by atoms with Gasteiger partial charge in [0.05, 0.1) is 11.9 Å². The quantitative estimate of drug-likeness (QED) is 0.238. The minimum absolute atomic E-state index is 0.0385. The minimum Gasteiger partial charge on any atom is -0.339 e. The fourth-order valence-electron chi connectivity index (χ4n) is 7.04. The molecule has 3 aromatic rings. The lowest BCUT2D eigenvalue weighted by Crippen LogP contribution is -2.59. The molecule has 3 atom stereocenters. The predicted molar refractivity (Wildman–Crippen MR) is 181 cm³/mol. The zero-order valence-corrected chi connectivity index (χ0v) is 28.9. The number of anilines is 1. The van der Waals surface area contributed by atoms with E-state index in [-0.39, 0.29) is 27.9 Å². The minimum atomic E-state index is -0.979. The molecule has 2 aromatic heterocycles. The number of aryl methyl sites for hydroxylation is 1. The summed E-state index contributed by atoms with van der Waals surface area (Å²) in [6.45, 7) is 8.03. The second-order valence-corrected chi connectivity index (χ2v) is 14.5. The van der Waals surface area contributed by atoms with Gasteiger partial charge in [-0.1, -0.05) is 37.2 Å². The first-order valence-electron chi connectivity index (χ1n) is 17.1. The molecule has 3 fully saturated rings. The van der Waals surface area contributed by atoms with Gasteiger partial charge in [0.25, 0.3) is 11.8 Å². The van der Waals surface area contributed by atoms with Crippen LogP contribution in [0, 0.1) is 17.7 Å². The highest BCUT2D eigenvalue weighted by Crippen LogP contribution is 2.38. The van der Waals surface area contributed by atoms with Crippen molar-refractivity contribution in [3.05, 3.63) is 58.6 Å². The Bertz CT molecular complexity index is 1670. The van der Waals surface area contributed by atoms with E-state index in [1.807, 2.05) is 6.92 Å². The van der Waals surface area contributed by atoms with Crippen LogP contribution in [0.1, 0.15) is 90.9 Å². The van der Waals surface area contributed by atoms with Gasteiger partial charge >= 0.3 is 0 Å². The number of nitrogens with one attached hydrogen (secondary N) is 4. The van der Waals surface area contributed by atoms with E-state index in [1.165, 1.54) is 18.3 Å². The lowest BCUT2D eigenvalue weighted by molar-refractivity contribution is -0.135. The summed E-state index contributed by atoms with van der Waals surface area (Å²) in [7, 11) is 0. The smallest absolute Gasteiger partial charge is 0.270 e. The molecule has 262 valence electrons. The SMILES string of the molecule is CCn1nccc1C(=O)N[C@H](C(=O)Nc1ccc([C@H](C)[C@@H](NC(=O)c2cnns2)C(=O)N2CCNC3(CC3)C2)cc1F)C1CCC(C)CC1. The van der Waals surface area contributed by atoms with Gasteiger partial charge in [-0.15, -0.1) is 5.10 Å². The van der Waals surface area contributed by atoms with Crippen LogP contribution in [-0.4, -0.2) is 85.2 Å². The third kappa shape index (κ3) is 7.82. The number of rotatable bonds is 11. The largest absolute Gasteiger partial charge is 0.339 e. The molecule has 2 aliphatic carbocycles. The summed E-state index contributed by atoms with van der Waals surface area (Å²) in [5.74, 6) is -2.50. The molecule has 4 N–H and O–H groups in total. The van der Waals surface area contributed by atoms with Crippen LogP contribution in [0.3, 0.4) is 0 Å². The van der Waals surface area contributed by atoms with E-state index in [2.05, 4.69) is 42.9 Å². The molecule has 0 unspecified atom stereocenters. The van der Waals surface area contributed by atoms with Crippen LogP contribution in [0.4, 0.5) is 10.1 Å². The molecule has 0 bridgehead atoms. The molecule has 1 aromatic carbocycles. The van der Waals surface area contributed by atoms with Crippen molar-refractivity contribution < 1.29 is 23.6 Å². The van der Waals surface area contributed by atoms with Crippen LogP contribution in [-0.2, 0) is 16.1 Å². The van der Waals surface area contributed by atoms with Gasteiger partial charge in [-0.05, 0) is 79.7 Å². The predicted octanol–water partition coefficient (Wildman–Crippen LogP) is 3.32. The molecule has 2 saturated carbocycles. The summed E-state index contributed by atoms with van der Waals surface area (Å²) in [5.41, 5.74) is 0.726. The Labute approximate surface area is 288 Å². The summed E-state index contributed by atoms with van der Waals surface area (Å²) in [6.07, 6.45) is 8.25. The summed E-state index contributed by atoms with van der Waals surface area (Å²) < 4.78 is 21.1. The molecule has 3 aliphatic rings. The molecular formula is C34H44FN9O4S. The maximum absolute atomic E-state index is 15.8. The van der Waals surface area contributed by atoms with E-state index in [0.717, 1.165) is 50.1 Å². The summed E-state index contributed by atoms with van der Waals surface area (Å²) in [5, 5.41) is 19.9. The number of piperazine rings is 1. The number of halogens is 1. The molecule has 3 heterocycles. The van der Waals surface area contributed by atoms with Crippen LogP contribution in [0.2, 0.25) is 0 Å². The maximum atomic E-state index is 15.8. The first kappa shape index (κ1) is 34.6. The highest BCUT2D eigenvalue weighted by molar-refractivity contribution is 7.07. The van der Waals surface area contributed by atoms with Crippen molar-refractivity contribution in [1.82, 2.24) is 40.2 Å². The molecule has 1 aliphatic heterocycles. The van der Waals surface area contributed by atoms with Gasteiger partial charge in [0.2, 0.25) is 11.8 Å². The van der Waals surface area contributed by atoms with Crippen molar-refractivity contribution in [2.75, 3.05) is 25.0 Å². The van der Waals surface area contributed by atoms with Gasteiger partial charge in [0.1, 0.15) is 28.5 Å². The molecule has 15 heteroatoms. The van der Waals surface area contributed by atoms with E-state index in [9.17, 15) is 19.2 Å². The average Bonchev–Trinajstić information content (AvgIpc) is 3.47. The van der Waals surface area contributed by atoms with E-state index < -0.39 is 41.5 Å². The van der Waals surface area contributed by atoms with Crippen molar-refractivity contribution in [3.63, 3.8) is 0 Å². The van der Waals surface area contributed by atoms with Gasteiger partial charge in [-0.25, -0.2) is 4.39 Å². The van der Waals surface area contributed by atoms with Crippen LogP contribution in [0.25, 0.3) is 0 Å². The van der Waals surface area contributed by atoms with E-state index in [1.54, 1.807) is 34.8 Å². The molecule has 4 amide bonds. The van der Waals surface area contributed by atoms with Crippen LogP contribution < -0.4 is 21.3 Å². The van der Waals surface area contributed by atoms with E-state index >= 15 is 4.39 Å². The number of aromatic nitrogens is 4. The number of nitrogens with zero attached hydrogens (tertiary/aromatic N) is 5. The normalized spacial score (nSPS) is 21.8. The average molecular weight is 694 g/mol. The van der Waals surface area contributed by atoms with Crippen molar-refractivity contribution >= 4 is 40.8 Å². The Kier molecular flexibility index (Phi) is 10.4. The highest BCUT2D eigenvalue weighted by Gasteiger charge is 2.47. The fraction of sp³-hybridized carbons (Fsp3) is 0.559. The van der Waals surface area contributed by atoms with Crippen LogP contribution in [0.15, 0.2) is 36.7 Å². The van der Waals surface area contributed by atoms with Crippen molar-refractivity contribution in [2.24, 2.45) is 11.8 Å². The summed E-state index contributed by atoms with van der Waals surface area (Å²) >= 11 is 0.926. The lowest BCUT2D eigenvalue weighted by atomic mass is 9.79.